The first-order valence-corrected chi connectivity index (χ1v) is 9.73. The molecule has 4 heterocycles. The van der Waals surface area contributed by atoms with Crippen LogP contribution < -0.4 is 9.64 Å². The highest BCUT2D eigenvalue weighted by molar-refractivity contribution is 7.15. The van der Waals surface area contributed by atoms with Crippen molar-refractivity contribution in [3.63, 3.8) is 0 Å². The van der Waals surface area contributed by atoms with Crippen LogP contribution in [0.4, 0.5) is 11.6 Å². The zero-order valence-electron chi connectivity index (χ0n) is 15.1. The molecule has 142 valence electrons. The van der Waals surface area contributed by atoms with E-state index in [0.717, 1.165) is 28.6 Å². The van der Waals surface area contributed by atoms with E-state index in [2.05, 4.69) is 16.0 Å². The molecule has 0 fully saturated rings. The Morgan fingerprint density at radius 1 is 1.39 bits per heavy atom. The average Bonchev–Trinajstić information content (AvgIpc) is 3.41. The van der Waals surface area contributed by atoms with E-state index < -0.39 is 0 Å². The van der Waals surface area contributed by atoms with Crippen molar-refractivity contribution in [1.82, 2.24) is 14.4 Å². The third-order valence-corrected chi connectivity index (χ3v) is 5.89. The van der Waals surface area contributed by atoms with Crippen LogP contribution in [0.5, 0.6) is 5.75 Å². The minimum absolute atomic E-state index is 0.0323. The number of methoxy groups -OCH3 is 1. The number of aromatic nitrogens is 3. The van der Waals surface area contributed by atoms with Gasteiger partial charge in [-0.1, -0.05) is 17.4 Å². The Kier molecular flexibility index (Phi) is 3.83. The lowest BCUT2D eigenvalue weighted by atomic mass is 9.99. The second-order valence-corrected chi connectivity index (χ2v) is 7.48. The third-order valence-electron chi connectivity index (χ3n) is 5.14. The number of ether oxygens (including phenoxy) is 1. The number of thiazole rings is 1. The fraction of sp³-hybridized carbons (Fsp3) is 0.211. The second-order valence-electron chi connectivity index (χ2n) is 6.61. The van der Waals surface area contributed by atoms with Crippen LogP contribution in [-0.4, -0.2) is 39.5 Å². The molecule has 0 bridgehead atoms. The number of nitrogens with one attached hydrogen (secondary N) is 1. The Bertz CT molecular complexity index is 1240. The van der Waals surface area contributed by atoms with Gasteiger partial charge in [0, 0.05) is 41.1 Å². The first-order valence-electron chi connectivity index (χ1n) is 8.85. The van der Waals surface area contributed by atoms with E-state index in [1.165, 1.54) is 16.9 Å². The number of aromatic amines is 1. The van der Waals surface area contributed by atoms with Crippen LogP contribution in [0, 0.1) is 10.1 Å². The van der Waals surface area contributed by atoms with Gasteiger partial charge in [-0.25, -0.2) is 0 Å². The standard InChI is InChI=1S/C19H17N5O3S/c1-27-13-2-3-16-14(10-13)15(11-20-16)12-4-6-22(7-5-12)17-18(24(25)26)23-8-9-28-19(23)21-17/h2-4,8-11,20H,5-7H2,1H3. The van der Waals surface area contributed by atoms with Crippen LogP contribution in [-0.2, 0) is 0 Å². The lowest BCUT2D eigenvalue weighted by Gasteiger charge is -2.26. The quantitative estimate of drug-likeness (QED) is 0.415. The predicted molar refractivity (Wildman–Crippen MR) is 109 cm³/mol. The van der Waals surface area contributed by atoms with E-state index in [1.807, 2.05) is 29.3 Å². The number of anilines is 1. The van der Waals surface area contributed by atoms with Gasteiger partial charge in [-0.3, -0.25) is 0 Å². The van der Waals surface area contributed by atoms with Gasteiger partial charge in [0.25, 0.3) is 4.96 Å². The van der Waals surface area contributed by atoms with Crippen LogP contribution >= 0.6 is 11.3 Å². The fourth-order valence-electron chi connectivity index (χ4n) is 3.74. The van der Waals surface area contributed by atoms with Crippen molar-refractivity contribution in [2.75, 3.05) is 25.1 Å². The predicted octanol–water partition coefficient (Wildman–Crippen LogP) is 4.09. The van der Waals surface area contributed by atoms with Gasteiger partial charge < -0.3 is 24.7 Å². The Morgan fingerprint density at radius 2 is 2.29 bits per heavy atom. The maximum Gasteiger partial charge on any atom is 0.373 e. The van der Waals surface area contributed by atoms with Crippen LogP contribution in [0.3, 0.4) is 0 Å². The molecule has 0 atom stereocenters. The first kappa shape index (κ1) is 16.8. The van der Waals surface area contributed by atoms with Gasteiger partial charge in [-0.2, -0.15) is 9.38 Å². The van der Waals surface area contributed by atoms with Crippen LogP contribution in [0.1, 0.15) is 12.0 Å². The summed E-state index contributed by atoms with van der Waals surface area (Å²) in [5.74, 6) is 1.29. The van der Waals surface area contributed by atoms with Gasteiger partial charge in [0.2, 0.25) is 5.82 Å². The smallest absolute Gasteiger partial charge is 0.373 e. The van der Waals surface area contributed by atoms with Gasteiger partial charge in [-0.05, 0) is 35.1 Å². The molecule has 1 aliphatic heterocycles. The van der Waals surface area contributed by atoms with E-state index in [1.54, 1.807) is 23.1 Å². The van der Waals surface area contributed by atoms with Crippen molar-refractivity contribution in [2.45, 2.75) is 6.42 Å². The van der Waals surface area contributed by atoms with E-state index in [4.69, 9.17) is 4.74 Å². The fourth-order valence-corrected chi connectivity index (χ4v) is 4.45. The summed E-state index contributed by atoms with van der Waals surface area (Å²) in [6, 6.07) is 5.97. The Labute approximate surface area is 163 Å². The molecule has 9 heteroatoms. The molecule has 5 rings (SSSR count). The molecule has 0 saturated heterocycles. The van der Waals surface area contributed by atoms with Crippen LogP contribution in [0.25, 0.3) is 21.4 Å². The summed E-state index contributed by atoms with van der Waals surface area (Å²) >= 11 is 1.40. The topological polar surface area (TPSA) is 88.7 Å². The molecule has 0 aliphatic carbocycles. The molecule has 3 aromatic heterocycles. The molecular formula is C19H17N5O3S. The minimum Gasteiger partial charge on any atom is -0.497 e. The molecule has 1 N–H and O–H groups in total. The summed E-state index contributed by atoms with van der Waals surface area (Å²) < 4.78 is 6.90. The molecule has 0 saturated carbocycles. The molecular weight excluding hydrogens is 378 g/mol. The molecule has 1 aromatic carbocycles. The van der Waals surface area contributed by atoms with E-state index in [-0.39, 0.29) is 10.7 Å². The molecule has 28 heavy (non-hydrogen) atoms. The number of fused-ring (bicyclic) bond motifs is 2. The SMILES string of the molecule is COc1ccc2[nH]cc(C3=CCN(c4nc5sccn5c4[N+](=O)[O-])CC3)c2c1. The molecule has 8 nitrogen and oxygen atoms in total. The van der Waals surface area contributed by atoms with Crippen molar-refractivity contribution in [1.29, 1.82) is 0 Å². The summed E-state index contributed by atoms with van der Waals surface area (Å²) in [7, 11) is 1.66. The molecule has 1 aliphatic rings. The van der Waals surface area contributed by atoms with Gasteiger partial charge in [-0.15, -0.1) is 0 Å². The first-order chi connectivity index (χ1) is 13.7. The van der Waals surface area contributed by atoms with Crippen molar-refractivity contribution >= 4 is 44.4 Å². The summed E-state index contributed by atoms with van der Waals surface area (Å²) in [5.41, 5.74) is 3.43. The molecule has 0 amide bonds. The molecule has 0 spiro atoms. The maximum absolute atomic E-state index is 11.6. The van der Waals surface area contributed by atoms with Crippen molar-refractivity contribution in [3.8, 4) is 5.75 Å². The van der Waals surface area contributed by atoms with E-state index >= 15 is 0 Å². The number of nitrogens with zero attached hydrogens (tertiary/aromatic N) is 4. The van der Waals surface area contributed by atoms with E-state index in [0.29, 0.717) is 23.9 Å². The highest BCUT2D eigenvalue weighted by Gasteiger charge is 2.29. The van der Waals surface area contributed by atoms with Gasteiger partial charge in [0.1, 0.15) is 11.9 Å². The highest BCUT2D eigenvalue weighted by atomic mass is 32.1. The second kappa shape index (κ2) is 6.38. The van der Waals surface area contributed by atoms with Crippen molar-refractivity contribution < 1.29 is 9.66 Å². The number of hydrogen-bond donors (Lipinski definition) is 1. The molecule has 0 radical (unpaired) electrons. The van der Waals surface area contributed by atoms with Gasteiger partial charge in [0.15, 0.2) is 0 Å². The highest BCUT2D eigenvalue weighted by Crippen LogP contribution is 2.35. The number of hydrogen-bond acceptors (Lipinski definition) is 6. The van der Waals surface area contributed by atoms with Crippen molar-refractivity contribution in [2.24, 2.45) is 0 Å². The zero-order valence-corrected chi connectivity index (χ0v) is 15.9. The molecule has 0 unspecified atom stereocenters. The van der Waals surface area contributed by atoms with Gasteiger partial charge in [0.05, 0.1) is 7.11 Å². The summed E-state index contributed by atoms with van der Waals surface area (Å²) in [6.07, 6.45) is 6.62. The summed E-state index contributed by atoms with van der Waals surface area (Å²) in [4.78, 5) is 21.6. The monoisotopic (exact) mass is 395 g/mol. The Balaban J connectivity index is 1.48. The third kappa shape index (κ3) is 2.55. The maximum atomic E-state index is 11.6. The lowest BCUT2D eigenvalue weighted by molar-refractivity contribution is -0.389. The normalized spacial score (nSPS) is 14.6. The number of nitro groups is 1. The largest absolute Gasteiger partial charge is 0.497 e. The van der Waals surface area contributed by atoms with Crippen LogP contribution in [0.15, 0.2) is 42.0 Å². The van der Waals surface area contributed by atoms with Gasteiger partial charge >= 0.3 is 5.82 Å². The number of H-pyrrole nitrogens is 1. The van der Waals surface area contributed by atoms with Crippen LogP contribution in [0.2, 0.25) is 0 Å². The number of benzene rings is 1. The lowest BCUT2D eigenvalue weighted by Crippen LogP contribution is -2.29. The Morgan fingerprint density at radius 3 is 3.04 bits per heavy atom. The summed E-state index contributed by atoms with van der Waals surface area (Å²) in [5, 5.41) is 14.5. The summed E-state index contributed by atoms with van der Waals surface area (Å²) in [6.45, 7) is 1.26. The average molecular weight is 395 g/mol. The zero-order chi connectivity index (χ0) is 19.3. The number of rotatable bonds is 4. The number of imidazole rings is 1. The van der Waals surface area contributed by atoms with Crippen molar-refractivity contribution in [3.05, 3.63) is 57.7 Å². The Hall–Kier alpha value is -3.33. The minimum atomic E-state index is -0.354. The van der Waals surface area contributed by atoms with E-state index in [9.17, 15) is 10.1 Å². The molecule has 4 aromatic rings.